The van der Waals surface area contributed by atoms with Gasteiger partial charge in [-0.1, -0.05) is 5.53 Å². The molecule has 1 aliphatic rings. The summed E-state index contributed by atoms with van der Waals surface area (Å²) in [5, 5.41) is 9.80. The Balaban J connectivity index is 2.40. The van der Waals surface area contributed by atoms with Crippen molar-refractivity contribution < 1.29 is 9.97 Å². The van der Waals surface area contributed by atoms with Crippen molar-refractivity contribution in [2.24, 2.45) is 0 Å². The zero-order valence-corrected chi connectivity index (χ0v) is 3.52. The number of hydroxylamine groups is 1. The molecule has 40 valence electrons. The molecule has 0 aromatic heterocycles. The van der Waals surface area contributed by atoms with Crippen molar-refractivity contribution in [3.05, 3.63) is 5.21 Å². The van der Waals surface area contributed by atoms with Gasteiger partial charge in [-0.2, -0.15) is 0 Å². The third kappa shape index (κ3) is 0.861. The number of quaternary nitrogens is 1. The molecule has 0 aliphatic carbocycles. The number of rotatable bonds is 0. The van der Waals surface area contributed by atoms with E-state index in [4.69, 9.17) is 0 Å². The molecule has 0 aromatic rings. The monoisotopic (exact) mass is 103 g/mol. The number of carbonyl (C=O) groups excluding carboxylic acids is 1. The Morgan fingerprint density at radius 3 is 2.71 bits per heavy atom. The molecule has 1 amide bonds. The van der Waals surface area contributed by atoms with Crippen LogP contribution in [-0.4, -0.2) is 12.5 Å². The Labute approximate surface area is 39.8 Å². The molecular weight excluding hydrogens is 98.0 g/mol. The number of carbonyl (C=O) groups is 1. The number of hydrogen-bond donors (Lipinski definition) is 3. The molecular formula is C2H5N3O2. The molecule has 1 fully saturated rings. The molecule has 0 bridgehead atoms. The first-order valence-electron chi connectivity index (χ1n) is 1.87. The fraction of sp³-hybridized carbons (Fsp3) is 0.500. The van der Waals surface area contributed by atoms with Crippen molar-refractivity contribution in [2.45, 2.75) is 0 Å². The van der Waals surface area contributed by atoms with Gasteiger partial charge in [0.1, 0.15) is 0 Å². The van der Waals surface area contributed by atoms with Gasteiger partial charge in [-0.05, 0) is 0 Å². The van der Waals surface area contributed by atoms with Gasteiger partial charge in [0.25, 0.3) is 5.91 Å². The molecule has 0 saturated carbocycles. The number of amides is 1. The average Bonchev–Trinajstić information content (AvgIpc) is 1.87. The molecule has 1 unspecified atom stereocenters. The molecule has 5 heteroatoms. The maximum atomic E-state index is 10.1. The van der Waals surface area contributed by atoms with Crippen LogP contribution in [0.4, 0.5) is 0 Å². The first kappa shape index (κ1) is 4.51. The lowest BCUT2D eigenvalue weighted by molar-refractivity contribution is -0.882. The highest BCUT2D eigenvalue weighted by molar-refractivity contribution is 5.77. The van der Waals surface area contributed by atoms with Gasteiger partial charge in [0.2, 0.25) is 0 Å². The second kappa shape index (κ2) is 1.45. The van der Waals surface area contributed by atoms with Gasteiger partial charge in [0.05, 0.1) is 0 Å². The molecule has 3 N–H and O–H groups in total. The zero-order valence-electron chi connectivity index (χ0n) is 3.52. The van der Waals surface area contributed by atoms with Crippen molar-refractivity contribution in [2.75, 3.05) is 6.54 Å². The Morgan fingerprint density at radius 2 is 2.57 bits per heavy atom. The van der Waals surface area contributed by atoms with Crippen LogP contribution in [0.1, 0.15) is 0 Å². The smallest absolute Gasteiger partial charge is 0.295 e. The minimum absolute atomic E-state index is 0.0278. The Kier molecular flexibility index (Phi) is 0.935. The molecule has 0 spiro atoms. The number of hydrazine groups is 1. The van der Waals surface area contributed by atoms with E-state index in [0.717, 1.165) is 0 Å². The number of nitrogens with one attached hydrogen (secondary N) is 3. The van der Waals surface area contributed by atoms with Crippen molar-refractivity contribution in [1.29, 1.82) is 0 Å². The van der Waals surface area contributed by atoms with Crippen molar-refractivity contribution in [3.8, 4) is 0 Å². The summed E-state index contributed by atoms with van der Waals surface area (Å²) in [6, 6.07) is 0. The topological polar surface area (TPSA) is 68.6 Å². The summed E-state index contributed by atoms with van der Waals surface area (Å²) < 4.78 is 0. The molecule has 0 radical (unpaired) electrons. The first-order valence-corrected chi connectivity index (χ1v) is 1.87. The fourth-order valence-corrected chi connectivity index (χ4v) is 0.374. The van der Waals surface area contributed by atoms with Crippen LogP contribution in [0.3, 0.4) is 0 Å². The predicted octanol–water partition coefficient (Wildman–Crippen LogP) is -3.08. The molecule has 0 aromatic carbocycles. The van der Waals surface area contributed by atoms with E-state index >= 15 is 0 Å². The second-order valence-corrected chi connectivity index (χ2v) is 1.27. The highest BCUT2D eigenvalue weighted by Gasteiger charge is 2.13. The third-order valence-corrected chi connectivity index (χ3v) is 0.662. The van der Waals surface area contributed by atoms with Gasteiger partial charge in [-0.15, -0.1) is 0 Å². The third-order valence-electron chi connectivity index (χ3n) is 0.662. The van der Waals surface area contributed by atoms with Crippen molar-refractivity contribution >= 4 is 5.91 Å². The summed E-state index contributed by atoms with van der Waals surface area (Å²) in [5.74, 6) is -0.259. The highest BCUT2D eigenvalue weighted by atomic mass is 16.6. The van der Waals surface area contributed by atoms with E-state index in [9.17, 15) is 10.0 Å². The minimum atomic E-state index is -0.259. The molecule has 1 atom stereocenters. The van der Waals surface area contributed by atoms with Gasteiger partial charge < -0.3 is 5.21 Å². The van der Waals surface area contributed by atoms with E-state index < -0.39 is 0 Å². The lowest BCUT2D eigenvalue weighted by Gasteiger charge is -2.08. The quantitative estimate of drug-likeness (QED) is 0.285. The zero-order chi connectivity index (χ0) is 5.28. The maximum Gasteiger partial charge on any atom is 0.295 e. The van der Waals surface area contributed by atoms with E-state index in [1.807, 2.05) is 0 Å². The SMILES string of the molecule is O=C1C[NH+]([O-])NN1. The number of hydrogen-bond acceptors (Lipinski definition) is 3. The molecule has 5 nitrogen and oxygen atoms in total. The van der Waals surface area contributed by atoms with Crippen molar-refractivity contribution in [3.63, 3.8) is 0 Å². The molecule has 1 aliphatic heterocycles. The highest BCUT2D eigenvalue weighted by Crippen LogP contribution is 1.54. The average molecular weight is 103 g/mol. The van der Waals surface area contributed by atoms with Gasteiger partial charge in [-0.3, -0.25) is 9.97 Å². The summed E-state index contributed by atoms with van der Waals surface area (Å²) in [5.41, 5.74) is 4.26. The molecule has 1 rings (SSSR count). The van der Waals surface area contributed by atoms with E-state index in [1.165, 1.54) is 0 Å². The molecule has 1 saturated heterocycles. The summed E-state index contributed by atoms with van der Waals surface area (Å²) in [6.07, 6.45) is 0. The van der Waals surface area contributed by atoms with Gasteiger partial charge in [-0.25, -0.2) is 5.43 Å². The van der Waals surface area contributed by atoms with Crippen LogP contribution in [0.5, 0.6) is 0 Å². The lowest BCUT2D eigenvalue weighted by atomic mass is 10.7. The predicted molar refractivity (Wildman–Crippen MR) is 20.5 cm³/mol. The lowest BCUT2D eigenvalue weighted by Crippen LogP contribution is -3.12. The molecule has 1 heterocycles. The standard InChI is InChI=1S/C2H5N3O2/c6-2-1-5(7)4-3-2/h4-5H,1H2,(H,3,6). The van der Waals surface area contributed by atoms with Gasteiger partial charge in [0, 0.05) is 0 Å². The summed E-state index contributed by atoms with van der Waals surface area (Å²) in [6.45, 7) is -0.0278. The van der Waals surface area contributed by atoms with Gasteiger partial charge >= 0.3 is 0 Å². The van der Waals surface area contributed by atoms with Crippen LogP contribution in [0.2, 0.25) is 0 Å². The van der Waals surface area contributed by atoms with E-state index in [1.54, 1.807) is 0 Å². The maximum absolute atomic E-state index is 10.1. The largest absolute Gasteiger partial charge is 0.611 e. The van der Waals surface area contributed by atoms with Crippen LogP contribution < -0.4 is 16.1 Å². The Bertz CT molecular complexity index is 92.9. The summed E-state index contributed by atoms with van der Waals surface area (Å²) >= 11 is 0. The van der Waals surface area contributed by atoms with Crippen LogP contribution in [0.25, 0.3) is 0 Å². The summed E-state index contributed by atoms with van der Waals surface area (Å²) in [4.78, 5) is 10.1. The van der Waals surface area contributed by atoms with Crippen LogP contribution in [-0.2, 0) is 4.79 Å². The van der Waals surface area contributed by atoms with Gasteiger partial charge in [0.15, 0.2) is 6.54 Å². The molecule has 7 heavy (non-hydrogen) atoms. The van der Waals surface area contributed by atoms with Crippen LogP contribution in [0.15, 0.2) is 0 Å². The second-order valence-electron chi connectivity index (χ2n) is 1.27. The summed E-state index contributed by atoms with van der Waals surface area (Å²) in [7, 11) is 0. The van der Waals surface area contributed by atoms with E-state index in [0.29, 0.717) is 0 Å². The van der Waals surface area contributed by atoms with Crippen molar-refractivity contribution in [1.82, 2.24) is 11.0 Å². The van der Waals surface area contributed by atoms with Crippen LogP contribution in [0, 0.1) is 5.21 Å². The van der Waals surface area contributed by atoms with Crippen LogP contribution >= 0.6 is 0 Å². The Hall–Kier alpha value is -0.650. The fourth-order valence-electron chi connectivity index (χ4n) is 0.374. The normalized spacial score (nSPS) is 30.4. The first-order chi connectivity index (χ1) is 3.29. The minimum Gasteiger partial charge on any atom is -0.611 e. The van der Waals surface area contributed by atoms with E-state index in [2.05, 4.69) is 11.0 Å². The Morgan fingerprint density at radius 1 is 1.86 bits per heavy atom. The van der Waals surface area contributed by atoms with E-state index in [-0.39, 0.29) is 17.6 Å².